The summed E-state index contributed by atoms with van der Waals surface area (Å²) in [5.41, 5.74) is 1.39. The van der Waals surface area contributed by atoms with Gasteiger partial charge in [0.1, 0.15) is 0 Å². The van der Waals surface area contributed by atoms with Crippen LogP contribution in [-0.2, 0) is 16.4 Å². The quantitative estimate of drug-likeness (QED) is 0.403. The summed E-state index contributed by atoms with van der Waals surface area (Å²) in [6, 6.07) is 6.68. The van der Waals surface area contributed by atoms with Crippen molar-refractivity contribution < 1.29 is 8.42 Å². The third-order valence-corrected chi connectivity index (χ3v) is 5.07. The van der Waals surface area contributed by atoms with Gasteiger partial charge in [-0.25, -0.2) is 13.6 Å². The van der Waals surface area contributed by atoms with E-state index < -0.39 is 10.0 Å². The summed E-state index contributed by atoms with van der Waals surface area (Å²) in [4.78, 5) is 6.77. The van der Waals surface area contributed by atoms with E-state index in [1.165, 1.54) is 6.42 Å². The molecule has 3 N–H and O–H groups in total. The number of rotatable bonds is 4. The molecule has 1 aromatic carbocycles. The maximum Gasteiger partial charge on any atom is 0.238 e. The number of nitrogens with two attached hydrogens (primary N) is 1. The Kier molecular flexibility index (Phi) is 7.48. The molecule has 1 aromatic rings. The third kappa shape index (κ3) is 5.89. The van der Waals surface area contributed by atoms with Crippen molar-refractivity contribution >= 4 is 40.0 Å². The Morgan fingerprint density at radius 2 is 1.96 bits per heavy atom. The number of hydrogen-bond donors (Lipinski definition) is 2. The lowest BCUT2D eigenvalue weighted by atomic mass is 9.93. The van der Waals surface area contributed by atoms with Crippen LogP contribution >= 0.6 is 24.0 Å². The molecule has 0 unspecified atom stereocenters. The molecule has 1 aliphatic heterocycles. The smallest absolute Gasteiger partial charge is 0.238 e. The zero-order valence-corrected chi connectivity index (χ0v) is 17.6. The van der Waals surface area contributed by atoms with Crippen LogP contribution in [0.4, 0.5) is 0 Å². The van der Waals surface area contributed by atoms with E-state index in [2.05, 4.69) is 29.1 Å². The number of nitrogens with zero attached hydrogens (tertiary/aromatic N) is 2. The van der Waals surface area contributed by atoms with E-state index in [1.807, 2.05) is 0 Å². The molecule has 136 valence electrons. The lowest BCUT2D eigenvalue weighted by Crippen LogP contribution is -2.41. The molecule has 0 atom stereocenters. The molecular weight excluding hydrogens is 439 g/mol. The Labute approximate surface area is 162 Å². The number of sulfonamides is 1. The molecule has 6 nitrogen and oxygen atoms in total. The van der Waals surface area contributed by atoms with E-state index in [0.29, 0.717) is 5.41 Å². The van der Waals surface area contributed by atoms with Gasteiger partial charge in [0.05, 0.1) is 4.90 Å². The summed E-state index contributed by atoms with van der Waals surface area (Å²) >= 11 is 0. The van der Waals surface area contributed by atoms with Gasteiger partial charge in [-0.2, -0.15) is 0 Å². The monoisotopic (exact) mass is 466 g/mol. The molecule has 1 heterocycles. The topological polar surface area (TPSA) is 87.8 Å². The highest BCUT2D eigenvalue weighted by Gasteiger charge is 2.30. The summed E-state index contributed by atoms with van der Waals surface area (Å²) < 4.78 is 22.5. The molecular formula is C16H27IN4O2S. The van der Waals surface area contributed by atoms with Crippen molar-refractivity contribution in [2.24, 2.45) is 15.5 Å². The number of likely N-dealkylation sites (tertiary alicyclic amines) is 1. The van der Waals surface area contributed by atoms with Crippen LogP contribution in [0.3, 0.4) is 0 Å². The summed E-state index contributed by atoms with van der Waals surface area (Å²) in [6.07, 6.45) is 1.96. The van der Waals surface area contributed by atoms with Gasteiger partial charge in [0.25, 0.3) is 0 Å². The molecule has 0 radical (unpaired) electrons. The van der Waals surface area contributed by atoms with Gasteiger partial charge in [0.2, 0.25) is 10.0 Å². The van der Waals surface area contributed by atoms with Crippen LogP contribution in [0.25, 0.3) is 0 Å². The number of aliphatic imine (C=N–C) groups is 1. The van der Waals surface area contributed by atoms with Crippen molar-refractivity contribution in [2.75, 3.05) is 26.7 Å². The first-order valence-electron chi connectivity index (χ1n) is 7.79. The maximum absolute atomic E-state index is 11.2. The minimum atomic E-state index is -3.62. The predicted molar refractivity (Wildman–Crippen MR) is 108 cm³/mol. The number of benzene rings is 1. The minimum absolute atomic E-state index is 0. The second kappa shape index (κ2) is 8.48. The molecule has 0 aliphatic carbocycles. The molecule has 8 heteroatoms. The summed E-state index contributed by atoms with van der Waals surface area (Å²) in [5.74, 6) is 0.928. The number of halogens is 1. The van der Waals surface area contributed by atoms with Crippen LogP contribution in [0.15, 0.2) is 34.2 Å². The van der Waals surface area contributed by atoms with Crippen molar-refractivity contribution in [3.8, 4) is 0 Å². The first-order valence-corrected chi connectivity index (χ1v) is 9.33. The largest absolute Gasteiger partial charge is 0.356 e. The Morgan fingerprint density at radius 3 is 2.42 bits per heavy atom. The van der Waals surface area contributed by atoms with E-state index in [0.717, 1.165) is 37.6 Å². The fourth-order valence-electron chi connectivity index (χ4n) is 2.79. The van der Waals surface area contributed by atoms with Gasteiger partial charge in [-0.15, -0.1) is 24.0 Å². The van der Waals surface area contributed by atoms with E-state index in [-0.39, 0.29) is 28.9 Å². The van der Waals surface area contributed by atoms with Crippen molar-refractivity contribution in [3.63, 3.8) is 0 Å². The van der Waals surface area contributed by atoms with Gasteiger partial charge in [-0.1, -0.05) is 26.0 Å². The molecule has 0 bridgehead atoms. The van der Waals surface area contributed by atoms with Gasteiger partial charge in [0.15, 0.2) is 5.96 Å². The third-order valence-electron chi connectivity index (χ3n) is 4.14. The lowest BCUT2D eigenvalue weighted by Gasteiger charge is -2.23. The predicted octanol–water partition coefficient (Wildman–Crippen LogP) is 1.80. The van der Waals surface area contributed by atoms with Gasteiger partial charge in [-0.3, -0.25) is 4.99 Å². The van der Waals surface area contributed by atoms with Crippen molar-refractivity contribution in [2.45, 2.75) is 31.6 Å². The van der Waals surface area contributed by atoms with Crippen LogP contribution in [0.2, 0.25) is 0 Å². The van der Waals surface area contributed by atoms with E-state index in [4.69, 9.17) is 5.14 Å². The van der Waals surface area contributed by atoms with Crippen LogP contribution in [0, 0.1) is 5.41 Å². The molecule has 0 saturated carbocycles. The number of nitrogens with one attached hydrogen (secondary N) is 1. The molecule has 0 amide bonds. The highest BCUT2D eigenvalue weighted by molar-refractivity contribution is 14.0. The molecule has 1 fully saturated rings. The highest BCUT2D eigenvalue weighted by Crippen LogP contribution is 2.28. The maximum atomic E-state index is 11.2. The highest BCUT2D eigenvalue weighted by atomic mass is 127. The zero-order valence-electron chi connectivity index (χ0n) is 14.4. The number of guanidine groups is 1. The van der Waals surface area contributed by atoms with Crippen LogP contribution < -0.4 is 10.5 Å². The van der Waals surface area contributed by atoms with Crippen LogP contribution in [0.1, 0.15) is 25.8 Å². The lowest BCUT2D eigenvalue weighted by molar-refractivity contribution is 0.370. The SMILES string of the molecule is CN=C(NCCc1ccc(S(N)(=O)=O)cc1)N1CCC(C)(C)C1.I. The molecule has 0 spiro atoms. The molecule has 24 heavy (non-hydrogen) atoms. The average Bonchev–Trinajstić information content (AvgIpc) is 2.83. The summed E-state index contributed by atoms with van der Waals surface area (Å²) in [6.45, 7) is 7.32. The normalized spacial score (nSPS) is 17.5. The van der Waals surface area contributed by atoms with E-state index >= 15 is 0 Å². The summed E-state index contributed by atoms with van der Waals surface area (Å²) in [7, 11) is -1.82. The second-order valence-electron chi connectivity index (χ2n) is 6.75. The van der Waals surface area contributed by atoms with Crippen LogP contribution in [-0.4, -0.2) is 46.0 Å². The van der Waals surface area contributed by atoms with Gasteiger partial charge in [-0.05, 0) is 36.0 Å². The Hall–Kier alpha value is -0.870. The Morgan fingerprint density at radius 1 is 1.33 bits per heavy atom. The molecule has 0 aromatic heterocycles. The van der Waals surface area contributed by atoms with Crippen molar-refractivity contribution in [1.82, 2.24) is 10.2 Å². The van der Waals surface area contributed by atoms with Crippen LogP contribution in [0.5, 0.6) is 0 Å². The first kappa shape index (κ1) is 21.2. The molecule has 2 rings (SSSR count). The summed E-state index contributed by atoms with van der Waals surface area (Å²) in [5, 5.41) is 8.47. The average molecular weight is 466 g/mol. The fourth-order valence-corrected chi connectivity index (χ4v) is 3.31. The van der Waals surface area contributed by atoms with Gasteiger partial charge < -0.3 is 10.2 Å². The fraction of sp³-hybridized carbons (Fsp3) is 0.562. The van der Waals surface area contributed by atoms with E-state index in [9.17, 15) is 8.42 Å². The Bertz CT molecular complexity index is 672. The molecule has 1 aliphatic rings. The number of primary sulfonamides is 1. The van der Waals surface area contributed by atoms with Crippen molar-refractivity contribution in [1.29, 1.82) is 0 Å². The molecule has 1 saturated heterocycles. The second-order valence-corrected chi connectivity index (χ2v) is 8.31. The van der Waals surface area contributed by atoms with Crippen molar-refractivity contribution in [3.05, 3.63) is 29.8 Å². The standard InChI is InChI=1S/C16H26N4O2S.HI/c1-16(2)9-11-20(12-16)15(18-3)19-10-8-13-4-6-14(7-5-13)23(17,21)22;/h4-7H,8-12H2,1-3H3,(H,18,19)(H2,17,21,22);1H. The minimum Gasteiger partial charge on any atom is -0.356 e. The van der Waals surface area contributed by atoms with E-state index in [1.54, 1.807) is 31.3 Å². The van der Waals surface area contributed by atoms with Gasteiger partial charge >= 0.3 is 0 Å². The zero-order chi connectivity index (χ0) is 17.1. The Balaban J connectivity index is 0.00000288. The van der Waals surface area contributed by atoms with Gasteiger partial charge in [0, 0.05) is 26.7 Å². The number of hydrogen-bond acceptors (Lipinski definition) is 3. The first-order chi connectivity index (χ1) is 10.7.